The zero-order valence-electron chi connectivity index (χ0n) is 8.33. The maximum atomic E-state index is 5.95. The van der Waals surface area contributed by atoms with Crippen LogP contribution in [0.15, 0.2) is 18.2 Å². The van der Waals surface area contributed by atoms with Gasteiger partial charge < -0.3 is 15.2 Å². The molecule has 0 bridgehead atoms. The highest BCUT2D eigenvalue weighted by atomic mass is 35.5. The van der Waals surface area contributed by atoms with Crippen LogP contribution in [0.1, 0.15) is 12.5 Å². The molecule has 0 aliphatic carbocycles. The Morgan fingerprint density at radius 2 is 2.27 bits per heavy atom. The number of halogens is 1. The molecule has 1 aromatic carbocycles. The van der Waals surface area contributed by atoms with Crippen LogP contribution in [0.25, 0.3) is 0 Å². The van der Waals surface area contributed by atoms with E-state index in [1.165, 1.54) is 0 Å². The van der Waals surface area contributed by atoms with E-state index >= 15 is 0 Å². The van der Waals surface area contributed by atoms with Gasteiger partial charge in [-0.25, -0.2) is 0 Å². The van der Waals surface area contributed by atoms with Crippen molar-refractivity contribution in [2.45, 2.75) is 6.92 Å². The Labute approximate surface area is 99.1 Å². The molecule has 0 saturated carbocycles. The van der Waals surface area contributed by atoms with Crippen LogP contribution >= 0.6 is 23.8 Å². The van der Waals surface area contributed by atoms with Crippen LogP contribution < -0.4 is 10.5 Å². The number of hydrogen-bond acceptors (Lipinski definition) is 3. The van der Waals surface area contributed by atoms with Gasteiger partial charge in [0, 0.05) is 6.61 Å². The summed E-state index contributed by atoms with van der Waals surface area (Å²) < 4.78 is 10.4. The topological polar surface area (TPSA) is 44.5 Å². The van der Waals surface area contributed by atoms with Gasteiger partial charge in [0.25, 0.3) is 0 Å². The normalized spacial score (nSPS) is 10.0. The molecule has 2 N–H and O–H groups in total. The van der Waals surface area contributed by atoms with Gasteiger partial charge in [0.1, 0.15) is 10.7 Å². The fraction of sp³-hybridized carbons (Fsp3) is 0.300. The number of hydrogen-bond donors (Lipinski definition) is 1. The van der Waals surface area contributed by atoms with Crippen molar-refractivity contribution >= 4 is 28.8 Å². The number of benzene rings is 1. The maximum absolute atomic E-state index is 5.95. The summed E-state index contributed by atoms with van der Waals surface area (Å²) >= 11 is 10.8. The number of thiocarbonyl (C=S) groups is 1. The third-order valence-electron chi connectivity index (χ3n) is 1.72. The van der Waals surface area contributed by atoms with Gasteiger partial charge in [-0.2, -0.15) is 0 Å². The first kappa shape index (κ1) is 12.2. The van der Waals surface area contributed by atoms with E-state index < -0.39 is 0 Å². The molecule has 1 aromatic rings. The SMILES string of the molecule is CCOCOc1cccc(Cl)c1C(N)=S. The molecular formula is C10H12ClNO2S. The van der Waals surface area contributed by atoms with E-state index in [9.17, 15) is 0 Å². The molecule has 0 aromatic heterocycles. The van der Waals surface area contributed by atoms with Gasteiger partial charge in [0.15, 0.2) is 6.79 Å². The van der Waals surface area contributed by atoms with Crippen molar-refractivity contribution in [3.8, 4) is 5.75 Å². The lowest BCUT2D eigenvalue weighted by atomic mass is 10.2. The fourth-order valence-electron chi connectivity index (χ4n) is 1.05. The predicted octanol–water partition coefficient (Wildman–Crippen LogP) is 2.35. The predicted molar refractivity (Wildman–Crippen MR) is 64.5 cm³/mol. The largest absolute Gasteiger partial charge is 0.467 e. The molecule has 82 valence electrons. The van der Waals surface area contributed by atoms with Crippen LogP contribution in [0.2, 0.25) is 5.02 Å². The van der Waals surface area contributed by atoms with Crippen molar-refractivity contribution < 1.29 is 9.47 Å². The van der Waals surface area contributed by atoms with Crippen molar-refractivity contribution in [3.05, 3.63) is 28.8 Å². The minimum atomic E-state index is 0.159. The Bertz CT molecular complexity index is 357. The summed E-state index contributed by atoms with van der Waals surface area (Å²) in [5, 5.41) is 0.483. The van der Waals surface area contributed by atoms with Crippen molar-refractivity contribution in [2.24, 2.45) is 5.73 Å². The summed E-state index contributed by atoms with van der Waals surface area (Å²) in [5.41, 5.74) is 6.10. The van der Waals surface area contributed by atoms with Gasteiger partial charge in [-0.3, -0.25) is 0 Å². The quantitative estimate of drug-likeness (QED) is 0.491. The van der Waals surface area contributed by atoms with Gasteiger partial charge >= 0.3 is 0 Å². The number of nitrogens with two attached hydrogens (primary N) is 1. The molecule has 1 rings (SSSR count). The number of rotatable bonds is 5. The number of ether oxygens (including phenoxy) is 2. The molecule has 0 unspecified atom stereocenters. The average molecular weight is 246 g/mol. The van der Waals surface area contributed by atoms with Gasteiger partial charge in [0.2, 0.25) is 0 Å². The maximum Gasteiger partial charge on any atom is 0.189 e. The van der Waals surface area contributed by atoms with Gasteiger partial charge in [-0.1, -0.05) is 29.9 Å². The molecule has 3 nitrogen and oxygen atoms in total. The minimum absolute atomic E-state index is 0.159. The molecule has 0 heterocycles. The fourth-order valence-corrected chi connectivity index (χ4v) is 1.59. The van der Waals surface area contributed by atoms with E-state index in [1.54, 1.807) is 18.2 Å². The lowest BCUT2D eigenvalue weighted by Gasteiger charge is -2.11. The van der Waals surface area contributed by atoms with E-state index in [-0.39, 0.29) is 11.8 Å². The summed E-state index contributed by atoms with van der Waals surface area (Å²) in [6, 6.07) is 5.23. The standard InChI is InChI=1S/C10H12ClNO2S/c1-2-13-6-14-8-5-3-4-7(11)9(8)10(12)15/h3-5H,2,6H2,1H3,(H2,12,15). The van der Waals surface area contributed by atoms with Crippen molar-refractivity contribution in [2.75, 3.05) is 13.4 Å². The summed E-state index contributed by atoms with van der Waals surface area (Å²) in [7, 11) is 0. The van der Waals surface area contributed by atoms with E-state index in [2.05, 4.69) is 0 Å². The van der Waals surface area contributed by atoms with Crippen molar-refractivity contribution in [1.29, 1.82) is 0 Å². The van der Waals surface area contributed by atoms with Crippen LogP contribution in [-0.2, 0) is 4.74 Å². The van der Waals surface area contributed by atoms with Crippen molar-refractivity contribution in [3.63, 3.8) is 0 Å². The van der Waals surface area contributed by atoms with E-state index in [0.29, 0.717) is 22.9 Å². The first-order chi connectivity index (χ1) is 7.16. The lowest BCUT2D eigenvalue weighted by Crippen LogP contribution is -2.13. The second-order valence-corrected chi connectivity index (χ2v) is 3.58. The Kier molecular flexibility index (Phi) is 4.81. The highest BCUT2D eigenvalue weighted by molar-refractivity contribution is 7.80. The summed E-state index contributed by atoms with van der Waals surface area (Å²) in [5.74, 6) is 0.545. The third kappa shape index (κ3) is 3.34. The van der Waals surface area contributed by atoms with Crippen LogP contribution in [0, 0.1) is 0 Å². The monoisotopic (exact) mass is 245 g/mol. The molecule has 0 aliphatic heterocycles. The lowest BCUT2D eigenvalue weighted by molar-refractivity contribution is 0.0223. The molecule has 0 saturated heterocycles. The molecule has 0 fully saturated rings. The molecule has 0 aliphatic rings. The summed E-state index contributed by atoms with van der Waals surface area (Å²) in [6.45, 7) is 2.63. The third-order valence-corrected chi connectivity index (χ3v) is 2.24. The summed E-state index contributed by atoms with van der Waals surface area (Å²) in [4.78, 5) is 0.215. The van der Waals surface area contributed by atoms with Crippen LogP contribution in [-0.4, -0.2) is 18.4 Å². The molecule has 0 amide bonds. The molecule has 0 atom stereocenters. The van der Waals surface area contributed by atoms with Crippen LogP contribution in [0.3, 0.4) is 0 Å². The zero-order chi connectivity index (χ0) is 11.3. The smallest absolute Gasteiger partial charge is 0.189 e. The Morgan fingerprint density at radius 3 is 2.87 bits per heavy atom. The van der Waals surface area contributed by atoms with Gasteiger partial charge in [0.05, 0.1) is 10.6 Å². The molecule has 0 radical (unpaired) electrons. The van der Waals surface area contributed by atoms with Gasteiger partial charge in [-0.15, -0.1) is 0 Å². The first-order valence-electron chi connectivity index (χ1n) is 4.45. The minimum Gasteiger partial charge on any atom is -0.467 e. The van der Waals surface area contributed by atoms with Crippen LogP contribution in [0.5, 0.6) is 5.75 Å². The van der Waals surface area contributed by atoms with Crippen molar-refractivity contribution in [1.82, 2.24) is 0 Å². The van der Waals surface area contributed by atoms with E-state index in [4.69, 9.17) is 39.0 Å². The average Bonchev–Trinajstić information content (AvgIpc) is 2.17. The Balaban J connectivity index is 2.86. The van der Waals surface area contributed by atoms with E-state index in [0.717, 1.165) is 0 Å². The molecular weight excluding hydrogens is 234 g/mol. The second-order valence-electron chi connectivity index (χ2n) is 2.73. The zero-order valence-corrected chi connectivity index (χ0v) is 9.90. The molecule has 5 heteroatoms. The second kappa shape index (κ2) is 5.90. The van der Waals surface area contributed by atoms with Gasteiger partial charge in [-0.05, 0) is 19.1 Å². The Hall–Kier alpha value is -0.840. The Morgan fingerprint density at radius 1 is 1.53 bits per heavy atom. The highest BCUT2D eigenvalue weighted by Crippen LogP contribution is 2.26. The molecule has 0 spiro atoms. The summed E-state index contributed by atoms with van der Waals surface area (Å²) in [6.07, 6.45) is 0. The van der Waals surface area contributed by atoms with Crippen LogP contribution in [0.4, 0.5) is 0 Å². The first-order valence-corrected chi connectivity index (χ1v) is 5.24. The molecule has 15 heavy (non-hydrogen) atoms. The van der Waals surface area contributed by atoms with E-state index in [1.807, 2.05) is 6.92 Å². The highest BCUT2D eigenvalue weighted by Gasteiger charge is 2.10.